The number of nitrogens with zero attached hydrogens (tertiary/aromatic N) is 1. The molecular formula is C15H20N2O4. The van der Waals surface area contributed by atoms with E-state index >= 15 is 0 Å². The van der Waals surface area contributed by atoms with Gasteiger partial charge in [-0.2, -0.15) is 0 Å². The lowest BCUT2D eigenvalue weighted by molar-refractivity contribution is -0.136. The normalized spacial score (nSPS) is 14.0. The number of benzene rings is 1. The van der Waals surface area contributed by atoms with E-state index in [0.717, 1.165) is 24.2 Å². The summed E-state index contributed by atoms with van der Waals surface area (Å²) in [5, 5.41) is 11.2. The highest BCUT2D eigenvalue weighted by molar-refractivity contribution is 5.75. The summed E-state index contributed by atoms with van der Waals surface area (Å²) < 4.78 is 5.37. The monoisotopic (exact) mass is 292 g/mol. The fraction of sp³-hybridized carbons (Fsp3) is 0.467. The first-order valence-electron chi connectivity index (χ1n) is 7.01. The molecular weight excluding hydrogens is 272 g/mol. The van der Waals surface area contributed by atoms with Crippen molar-refractivity contribution in [3.63, 3.8) is 0 Å². The Labute approximate surface area is 123 Å². The van der Waals surface area contributed by atoms with Crippen LogP contribution in [0.15, 0.2) is 18.2 Å². The van der Waals surface area contributed by atoms with Crippen LogP contribution >= 0.6 is 0 Å². The van der Waals surface area contributed by atoms with Crippen molar-refractivity contribution in [1.29, 1.82) is 0 Å². The van der Waals surface area contributed by atoms with Crippen molar-refractivity contribution < 1.29 is 19.4 Å². The second kappa shape index (κ2) is 6.97. The molecule has 1 aromatic rings. The van der Waals surface area contributed by atoms with Crippen LogP contribution in [0.5, 0.6) is 5.75 Å². The maximum atomic E-state index is 12.0. The zero-order valence-electron chi connectivity index (χ0n) is 12.1. The minimum absolute atomic E-state index is 0.0619. The third-order valence-electron chi connectivity index (χ3n) is 3.64. The van der Waals surface area contributed by atoms with Gasteiger partial charge in [0, 0.05) is 19.6 Å². The van der Waals surface area contributed by atoms with E-state index < -0.39 is 5.97 Å². The van der Waals surface area contributed by atoms with Crippen LogP contribution in [0.1, 0.15) is 17.5 Å². The lowest BCUT2D eigenvalue weighted by Gasteiger charge is -2.20. The average molecular weight is 292 g/mol. The molecule has 0 unspecified atom stereocenters. The van der Waals surface area contributed by atoms with Crippen molar-refractivity contribution in [2.24, 2.45) is 0 Å². The SMILES string of the molecule is COc1cccc2c1CCN(C(=O)NCCC(=O)O)CC2. The third kappa shape index (κ3) is 3.87. The second-order valence-corrected chi connectivity index (χ2v) is 4.96. The van der Waals surface area contributed by atoms with Gasteiger partial charge in [0.1, 0.15) is 5.75 Å². The van der Waals surface area contributed by atoms with E-state index in [1.165, 1.54) is 5.56 Å². The van der Waals surface area contributed by atoms with Crippen molar-refractivity contribution in [3.8, 4) is 5.75 Å². The van der Waals surface area contributed by atoms with Gasteiger partial charge >= 0.3 is 12.0 Å². The number of carboxylic acid groups (broad SMARTS) is 1. The topological polar surface area (TPSA) is 78.9 Å². The maximum Gasteiger partial charge on any atom is 0.317 e. The number of carbonyl (C=O) groups is 2. The van der Waals surface area contributed by atoms with Gasteiger partial charge in [-0.15, -0.1) is 0 Å². The summed E-state index contributed by atoms with van der Waals surface area (Å²) >= 11 is 0. The van der Waals surface area contributed by atoms with E-state index in [2.05, 4.69) is 11.4 Å². The molecule has 21 heavy (non-hydrogen) atoms. The van der Waals surface area contributed by atoms with Gasteiger partial charge in [-0.3, -0.25) is 4.79 Å². The summed E-state index contributed by atoms with van der Waals surface area (Å²) in [6, 6.07) is 5.74. The molecule has 0 aliphatic carbocycles. The second-order valence-electron chi connectivity index (χ2n) is 4.96. The van der Waals surface area contributed by atoms with E-state index in [0.29, 0.717) is 13.1 Å². The van der Waals surface area contributed by atoms with Crippen LogP contribution in [0.25, 0.3) is 0 Å². The summed E-state index contributed by atoms with van der Waals surface area (Å²) in [5.41, 5.74) is 2.36. The largest absolute Gasteiger partial charge is 0.496 e. The Bertz CT molecular complexity index is 530. The van der Waals surface area contributed by atoms with E-state index in [-0.39, 0.29) is 19.0 Å². The molecule has 0 fully saturated rings. The number of carbonyl (C=O) groups excluding carboxylic acids is 1. The molecule has 0 saturated heterocycles. The predicted molar refractivity (Wildman–Crippen MR) is 77.6 cm³/mol. The number of amides is 2. The first-order chi connectivity index (χ1) is 10.1. The molecule has 1 heterocycles. The van der Waals surface area contributed by atoms with Crippen LogP contribution in [0, 0.1) is 0 Å². The first kappa shape index (κ1) is 15.2. The minimum Gasteiger partial charge on any atom is -0.496 e. The number of hydrogen-bond acceptors (Lipinski definition) is 3. The van der Waals surface area contributed by atoms with Crippen molar-refractivity contribution in [2.75, 3.05) is 26.7 Å². The number of urea groups is 1. The van der Waals surface area contributed by atoms with E-state index in [4.69, 9.17) is 9.84 Å². The Morgan fingerprint density at radius 3 is 2.81 bits per heavy atom. The van der Waals surface area contributed by atoms with Gasteiger partial charge in [0.15, 0.2) is 0 Å². The quantitative estimate of drug-likeness (QED) is 0.876. The summed E-state index contributed by atoms with van der Waals surface area (Å²) in [7, 11) is 1.65. The van der Waals surface area contributed by atoms with Gasteiger partial charge in [0.25, 0.3) is 0 Å². The maximum absolute atomic E-state index is 12.0. The van der Waals surface area contributed by atoms with Gasteiger partial charge in [-0.1, -0.05) is 12.1 Å². The van der Waals surface area contributed by atoms with Crippen molar-refractivity contribution in [1.82, 2.24) is 10.2 Å². The van der Waals surface area contributed by atoms with Crippen LogP contribution in [-0.2, 0) is 17.6 Å². The molecule has 0 spiro atoms. The summed E-state index contributed by atoms with van der Waals surface area (Å²) in [5.74, 6) is -0.0519. The molecule has 0 saturated carbocycles. The van der Waals surface area contributed by atoms with Crippen LogP contribution in [0.4, 0.5) is 4.79 Å². The summed E-state index contributed by atoms with van der Waals surface area (Å²) in [6.45, 7) is 1.38. The molecule has 2 N–H and O–H groups in total. The Hall–Kier alpha value is -2.24. The predicted octanol–water partition coefficient (Wildman–Crippen LogP) is 1.28. The number of ether oxygens (including phenoxy) is 1. The fourth-order valence-corrected chi connectivity index (χ4v) is 2.53. The molecule has 0 bridgehead atoms. The van der Waals surface area contributed by atoms with Gasteiger partial charge in [0.05, 0.1) is 13.5 Å². The number of methoxy groups -OCH3 is 1. The molecule has 1 aliphatic rings. The van der Waals surface area contributed by atoms with E-state index in [1.54, 1.807) is 12.0 Å². The highest BCUT2D eigenvalue weighted by atomic mass is 16.5. The first-order valence-corrected chi connectivity index (χ1v) is 7.01. The van der Waals surface area contributed by atoms with Crippen LogP contribution in [-0.4, -0.2) is 48.8 Å². The van der Waals surface area contributed by atoms with Crippen molar-refractivity contribution in [2.45, 2.75) is 19.3 Å². The highest BCUT2D eigenvalue weighted by Gasteiger charge is 2.20. The van der Waals surface area contributed by atoms with Gasteiger partial charge < -0.3 is 20.1 Å². The lowest BCUT2D eigenvalue weighted by Crippen LogP contribution is -2.42. The highest BCUT2D eigenvalue weighted by Crippen LogP contribution is 2.25. The zero-order valence-corrected chi connectivity index (χ0v) is 12.1. The molecule has 114 valence electrons. The van der Waals surface area contributed by atoms with Crippen LogP contribution < -0.4 is 10.1 Å². The molecule has 6 nitrogen and oxygen atoms in total. The fourth-order valence-electron chi connectivity index (χ4n) is 2.53. The van der Waals surface area contributed by atoms with Crippen molar-refractivity contribution >= 4 is 12.0 Å². The van der Waals surface area contributed by atoms with Gasteiger partial charge in [0.2, 0.25) is 0 Å². The van der Waals surface area contributed by atoms with E-state index in [1.807, 2.05) is 12.1 Å². The third-order valence-corrected chi connectivity index (χ3v) is 3.64. The number of nitrogens with one attached hydrogen (secondary N) is 1. The Kier molecular flexibility index (Phi) is 5.03. The smallest absolute Gasteiger partial charge is 0.317 e. The Morgan fingerprint density at radius 1 is 1.33 bits per heavy atom. The molecule has 1 aromatic carbocycles. The van der Waals surface area contributed by atoms with Gasteiger partial charge in [-0.25, -0.2) is 4.79 Å². The Morgan fingerprint density at radius 2 is 2.10 bits per heavy atom. The standard InChI is InChI=1S/C15H20N2O4/c1-21-13-4-2-3-11-6-9-17(10-7-12(11)13)15(20)16-8-5-14(18)19/h2-4H,5-10H2,1H3,(H,16,20)(H,18,19). The number of carboxylic acids is 1. The van der Waals surface area contributed by atoms with Crippen molar-refractivity contribution in [3.05, 3.63) is 29.3 Å². The number of rotatable bonds is 4. The lowest BCUT2D eigenvalue weighted by atomic mass is 10.0. The number of aliphatic carboxylic acids is 1. The minimum atomic E-state index is -0.914. The van der Waals surface area contributed by atoms with Crippen LogP contribution in [0.2, 0.25) is 0 Å². The molecule has 0 aromatic heterocycles. The zero-order chi connectivity index (χ0) is 15.2. The molecule has 0 atom stereocenters. The van der Waals surface area contributed by atoms with Crippen LogP contribution in [0.3, 0.4) is 0 Å². The van der Waals surface area contributed by atoms with Gasteiger partial charge in [-0.05, 0) is 30.0 Å². The Balaban J connectivity index is 1.96. The molecule has 2 amide bonds. The molecule has 2 rings (SSSR count). The average Bonchev–Trinajstić information content (AvgIpc) is 2.69. The summed E-state index contributed by atoms with van der Waals surface area (Å²) in [6.07, 6.45) is 1.46. The number of fused-ring (bicyclic) bond motifs is 1. The molecule has 1 aliphatic heterocycles. The molecule has 6 heteroatoms. The number of hydrogen-bond donors (Lipinski definition) is 2. The van der Waals surface area contributed by atoms with E-state index in [9.17, 15) is 9.59 Å². The summed E-state index contributed by atoms with van der Waals surface area (Å²) in [4.78, 5) is 24.2. The molecule has 0 radical (unpaired) electrons.